The summed E-state index contributed by atoms with van der Waals surface area (Å²) in [5.74, 6) is 0. The molecule has 1 aliphatic carbocycles. The van der Waals surface area contributed by atoms with Crippen molar-refractivity contribution in [3.8, 4) is 0 Å². The lowest BCUT2D eigenvalue weighted by molar-refractivity contribution is 0.169. The summed E-state index contributed by atoms with van der Waals surface area (Å²) >= 11 is 0. The number of nitrogens with one attached hydrogen (secondary N) is 1. The summed E-state index contributed by atoms with van der Waals surface area (Å²) in [6.07, 6.45) is 6.81. The van der Waals surface area contributed by atoms with E-state index in [0.29, 0.717) is 11.0 Å². The van der Waals surface area contributed by atoms with Crippen LogP contribution < -0.4 is 5.32 Å². The van der Waals surface area contributed by atoms with Gasteiger partial charge in [-0.2, -0.15) is 0 Å². The van der Waals surface area contributed by atoms with Gasteiger partial charge in [-0.15, -0.1) is 0 Å². The Morgan fingerprint density at radius 3 is 2.15 bits per heavy atom. The highest BCUT2D eigenvalue weighted by molar-refractivity contribution is 4.94. The fraction of sp³-hybridized carbons (Fsp3) is 1.00. The fourth-order valence-corrected chi connectivity index (χ4v) is 1.96. The molecule has 1 fully saturated rings. The molecule has 78 valence electrons. The minimum absolute atomic E-state index is 0.478. The van der Waals surface area contributed by atoms with Gasteiger partial charge in [-0.1, -0.05) is 27.7 Å². The second kappa shape index (κ2) is 4.00. The van der Waals surface area contributed by atoms with E-state index < -0.39 is 0 Å². The van der Waals surface area contributed by atoms with Gasteiger partial charge in [0, 0.05) is 5.54 Å². The third-order valence-electron chi connectivity index (χ3n) is 3.36. The largest absolute Gasteiger partial charge is 0.311 e. The lowest BCUT2D eigenvalue weighted by atomic mass is 9.74. The summed E-state index contributed by atoms with van der Waals surface area (Å²) < 4.78 is 0. The van der Waals surface area contributed by atoms with Crippen LogP contribution in [0.5, 0.6) is 0 Å². The normalized spacial score (nSPS) is 21.2. The van der Waals surface area contributed by atoms with Gasteiger partial charge in [0.1, 0.15) is 0 Å². The maximum absolute atomic E-state index is 3.74. The van der Waals surface area contributed by atoms with Crippen LogP contribution in [0.4, 0.5) is 0 Å². The Bertz CT molecular complexity index is 145. The molecule has 0 atom stereocenters. The Kier molecular flexibility index (Phi) is 3.39. The highest BCUT2D eigenvalue weighted by Crippen LogP contribution is 2.34. The van der Waals surface area contributed by atoms with Crippen molar-refractivity contribution in [2.45, 2.75) is 65.3 Å². The molecule has 0 amide bonds. The molecule has 1 heteroatoms. The second-order valence-electron chi connectivity index (χ2n) is 5.72. The zero-order valence-electron chi connectivity index (χ0n) is 9.74. The van der Waals surface area contributed by atoms with E-state index in [-0.39, 0.29) is 0 Å². The van der Waals surface area contributed by atoms with E-state index in [0.717, 1.165) is 0 Å². The first-order chi connectivity index (χ1) is 5.97. The van der Waals surface area contributed by atoms with Crippen LogP contribution in [0, 0.1) is 5.41 Å². The van der Waals surface area contributed by atoms with Crippen LogP contribution in [0.15, 0.2) is 0 Å². The minimum Gasteiger partial charge on any atom is -0.311 e. The molecule has 1 nitrogen and oxygen atoms in total. The quantitative estimate of drug-likeness (QED) is 0.705. The van der Waals surface area contributed by atoms with Gasteiger partial charge < -0.3 is 5.32 Å². The maximum atomic E-state index is 3.74. The molecule has 0 heterocycles. The third kappa shape index (κ3) is 3.30. The van der Waals surface area contributed by atoms with Crippen LogP contribution in [-0.2, 0) is 0 Å². The van der Waals surface area contributed by atoms with Crippen LogP contribution in [0.2, 0.25) is 0 Å². The molecular weight excluding hydrogens is 158 g/mol. The highest BCUT2D eigenvalue weighted by Gasteiger charge is 2.34. The van der Waals surface area contributed by atoms with Crippen LogP contribution >= 0.6 is 0 Å². The molecule has 0 aliphatic heterocycles. The van der Waals surface area contributed by atoms with Crippen molar-refractivity contribution in [3.63, 3.8) is 0 Å². The van der Waals surface area contributed by atoms with Crippen LogP contribution in [-0.4, -0.2) is 12.1 Å². The van der Waals surface area contributed by atoms with Gasteiger partial charge in [-0.05, 0) is 44.1 Å². The van der Waals surface area contributed by atoms with E-state index in [1.54, 1.807) is 0 Å². The molecule has 1 saturated carbocycles. The smallest absolute Gasteiger partial charge is 0.0178 e. The first-order valence-electron chi connectivity index (χ1n) is 5.72. The van der Waals surface area contributed by atoms with Crippen LogP contribution in [0.3, 0.4) is 0 Å². The standard InChI is InChI=1S/C12H25N/c1-5-12(7-6-8-12)13-10-9-11(2,3)4/h13H,5-10H2,1-4H3. The molecule has 1 N–H and O–H groups in total. The molecule has 0 spiro atoms. The summed E-state index contributed by atoms with van der Waals surface area (Å²) in [5, 5.41) is 3.74. The Morgan fingerprint density at radius 2 is 1.85 bits per heavy atom. The van der Waals surface area contributed by atoms with E-state index in [1.807, 2.05) is 0 Å². The third-order valence-corrected chi connectivity index (χ3v) is 3.36. The molecular formula is C12H25N. The minimum atomic E-state index is 0.478. The van der Waals surface area contributed by atoms with Crippen LogP contribution in [0.1, 0.15) is 59.8 Å². The zero-order chi connectivity index (χ0) is 9.95. The number of rotatable bonds is 4. The molecule has 0 unspecified atom stereocenters. The average Bonchev–Trinajstić information content (AvgIpc) is 1.92. The predicted molar refractivity (Wildman–Crippen MR) is 58.9 cm³/mol. The van der Waals surface area contributed by atoms with Crippen molar-refractivity contribution in [2.75, 3.05) is 6.54 Å². The Morgan fingerprint density at radius 1 is 1.23 bits per heavy atom. The van der Waals surface area contributed by atoms with Crippen molar-refractivity contribution in [1.82, 2.24) is 5.32 Å². The molecule has 1 rings (SSSR count). The van der Waals surface area contributed by atoms with Gasteiger partial charge in [-0.3, -0.25) is 0 Å². The second-order valence-corrected chi connectivity index (χ2v) is 5.72. The molecule has 13 heavy (non-hydrogen) atoms. The Hall–Kier alpha value is -0.0400. The summed E-state index contributed by atoms with van der Waals surface area (Å²) in [6, 6.07) is 0. The first kappa shape index (κ1) is 11.0. The molecule has 0 aromatic carbocycles. The van der Waals surface area contributed by atoms with E-state index >= 15 is 0 Å². The highest BCUT2D eigenvalue weighted by atomic mass is 15.0. The Balaban J connectivity index is 2.18. The molecule has 0 aromatic heterocycles. The van der Waals surface area contributed by atoms with Gasteiger partial charge in [0.2, 0.25) is 0 Å². The summed E-state index contributed by atoms with van der Waals surface area (Å²) in [4.78, 5) is 0. The lowest BCUT2D eigenvalue weighted by Gasteiger charge is -2.43. The van der Waals surface area contributed by atoms with Crippen molar-refractivity contribution in [1.29, 1.82) is 0 Å². The summed E-state index contributed by atoms with van der Waals surface area (Å²) in [5.41, 5.74) is 1.01. The van der Waals surface area contributed by atoms with E-state index in [2.05, 4.69) is 33.0 Å². The van der Waals surface area contributed by atoms with Gasteiger partial charge in [0.05, 0.1) is 0 Å². The summed E-state index contributed by atoms with van der Waals surface area (Å²) in [7, 11) is 0. The zero-order valence-corrected chi connectivity index (χ0v) is 9.74. The SMILES string of the molecule is CCC1(NCCC(C)(C)C)CCC1. The molecule has 1 aliphatic rings. The molecule has 0 aromatic rings. The average molecular weight is 183 g/mol. The first-order valence-corrected chi connectivity index (χ1v) is 5.72. The predicted octanol–water partition coefficient (Wildman–Crippen LogP) is 3.34. The van der Waals surface area contributed by atoms with Gasteiger partial charge >= 0.3 is 0 Å². The lowest BCUT2D eigenvalue weighted by Crippen LogP contribution is -2.51. The van der Waals surface area contributed by atoms with Crippen molar-refractivity contribution in [3.05, 3.63) is 0 Å². The monoisotopic (exact) mass is 183 g/mol. The number of hydrogen-bond donors (Lipinski definition) is 1. The van der Waals surface area contributed by atoms with Crippen LogP contribution in [0.25, 0.3) is 0 Å². The fourth-order valence-electron chi connectivity index (χ4n) is 1.96. The topological polar surface area (TPSA) is 12.0 Å². The van der Waals surface area contributed by atoms with Gasteiger partial charge in [0.25, 0.3) is 0 Å². The molecule has 0 radical (unpaired) electrons. The molecule has 0 saturated heterocycles. The molecule has 0 bridgehead atoms. The van der Waals surface area contributed by atoms with Gasteiger partial charge in [-0.25, -0.2) is 0 Å². The van der Waals surface area contributed by atoms with E-state index in [1.165, 1.54) is 38.6 Å². The van der Waals surface area contributed by atoms with Crippen molar-refractivity contribution in [2.24, 2.45) is 5.41 Å². The Labute approximate surface area is 83.3 Å². The van der Waals surface area contributed by atoms with Crippen molar-refractivity contribution < 1.29 is 0 Å². The van der Waals surface area contributed by atoms with E-state index in [4.69, 9.17) is 0 Å². The van der Waals surface area contributed by atoms with E-state index in [9.17, 15) is 0 Å². The number of hydrogen-bond acceptors (Lipinski definition) is 1. The summed E-state index contributed by atoms with van der Waals surface area (Å²) in [6.45, 7) is 10.4. The van der Waals surface area contributed by atoms with Crippen molar-refractivity contribution >= 4 is 0 Å². The van der Waals surface area contributed by atoms with Gasteiger partial charge in [0.15, 0.2) is 0 Å². The maximum Gasteiger partial charge on any atom is 0.0178 e.